The lowest BCUT2D eigenvalue weighted by Crippen LogP contribution is -2.04. The molecule has 0 atom stereocenters. The molecular formula is C15H17ClN2O3. The molecule has 0 saturated heterocycles. The van der Waals surface area contributed by atoms with Gasteiger partial charge >= 0.3 is 0 Å². The Morgan fingerprint density at radius 1 is 1.10 bits per heavy atom. The molecule has 5 nitrogen and oxygen atoms in total. The number of nitrogens with zero attached hydrogens (tertiary/aromatic N) is 1. The third-order valence-corrected chi connectivity index (χ3v) is 3.28. The zero-order valence-electron chi connectivity index (χ0n) is 12.1. The summed E-state index contributed by atoms with van der Waals surface area (Å²) in [7, 11) is 4.76. The molecular weight excluding hydrogens is 292 g/mol. The summed E-state index contributed by atoms with van der Waals surface area (Å²) in [6, 6.07) is 7.31. The number of halogens is 1. The summed E-state index contributed by atoms with van der Waals surface area (Å²) in [6.45, 7) is 0.540. The molecule has 1 N–H and O–H groups in total. The van der Waals surface area contributed by atoms with Crippen LogP contribution in [-0.4, -0.2) is 26.3 Å². The average molecular weight is 309 g/mol. The third kappa shape index (κ3) is 3.49. The Kier molecular flexibility index (Phi) is 5.11. The van der Waals surface area contributed by atoms with Crippen molar-refractivity contribution in [3.63, 3.8) is 0 Å². The van der Waals surface area contributed by atoms with E-state index >= 15 is 0 Å². The van der Waals surface area contributed by atoms with Crippen molar-refractivity contribution in [2.75, 3.05) is 26.6 Å². The van der Waals surface area contributed by atoms with E-state index in [4.69, 9.17) is 25.8 Å². The van der Waals surface area contributed by atoms with Gasteiger partial charge in [0.2, 0.25) is 5.88 Å². The number of methoxy groups -OCH3 is 3. The van der Waals surface area contributed by atoms with Crippen LogP contribution in [0.25, 0.3) is 0 Å². The Bertz CT molecular complexity index is 620. The van der Waals surface area contributed by atoms with Crippen LogP contribution in [0.4, 0.5) is 5.69 Å². The molecule has 0 bridgehead atoms. The molecule has 0 unspecified atom stereocenters. The number of ether oxygens (including phenoxy) is 3. The van der Waals surface area contributed by atoms with Gasteiger partial charge < -0.3 is 19.5 Å². The second kappa shape index (κ2) is 7.04. The standard InChI is InChI=1S/C15H17ClN2O3/c1-19-13-8-12(14(20-2)7-11(13)16)18-9-10-5-4-6-17-15(10)21-3/h4-8,18H,9H2,1-3H3. The van der Waals surface area contributed by atoms with Crippen molar-refractivity contribution >= 4 is 17.3 Å². The average Bonchev–Trinajstić information content (AvgIpc) is 2.53. The van der Waals surface area contributed by atoms with Crippen molar-refractivity contribution in [3.05, 3.63) is 41.0 Å². The minimum Gasteiger partial charge on any atom is -0.495 e. The Morgan fingerprint density at radius 3 is 2.52 bits per heavy atom. The van der Waals surface area contributed by atoms with Gasteiger partial charge in [0.15, 0.2) is 0 Å². The van der Waals surface area contributed by atoms with E-state index < -0.39 is 0 Å². The first-order valence-electron chi connectivity index (χ1n) is 6.33. The van der Waals surface area contributed by atoms with Crippen LogP contribution in [-0.2, 0) is 6.54 Å². The highest BCUT2D eigenvalue weighted by atomic mass is 35.5. The number of benzene rings is 1. The van der Waals surface area contributed by atoms with Crippen LogP contribution in [0.15, 0.2) is 30.5 Å². The Balaban J connectivity index is 2.23. The summed E-state index contributed by atoms with van der Waals surface area (Å²) in [5.41, 5.74) is 1.72. The van der Waals surface area contributed by atoms with E-state index in [1.165, 1.54) is 0 Å². The molecule has 0 aliphatic rings. The Labute approximate surface area is 128 Å². The molecule has 112 valence electrons. The first-order chi connectivity index (χ1) is 10.2. The van der Waals surface area contributed by atoms with Gasteiger partial charge in [-0.2, -0.15) is 0 Å². The van der Waals surface area contributed by atoms with Gasteiger partial charge in [0.25, 0.3) is 0 Å². The first kappa shape index (κ1) is 15.3. The predicted octanol–water partition coefficient (Wildman–Crippen LogP) is 3.37. The van der Waals surface area contributed by atoms with E-state index in [2.05, 4.69) is 10.3 Å². The predicted molar refractivity (Wildman–Crippen MR) is 82.7 cm³/mol. The second-order valence-corrected chi connectivity index (χ2v) is 4.62. The van der Waals surface area contributed by atoms with E-state index in [0.29, 0.717) is 28.9 Å². The minimum atomic E-state index is 0.499. The minimum absolute atomic E-state index is 0.499. The van der Waals surface area contributed by atoms with Crippen molar-refractivity contribution < 1.29 is 14.2 Å². The zero-order valence-corrected chi connectivity index (χ0v) is 12.9. The summed E-state index contributed by atoms with van der Waals surface area (Å²) >= 11 is 6.08. The molecule has 1 aromatic carbocycles. The summed E-state index contributed by atoms with van der Waals surface area (Å²) in [4.78, 5) is 4.16. The van der Waals surface area contributed by atoms with Crippen LogP contribution in [0.2, 0.25) is 5.02 Å². The van der Waals surface area contributed by atoms with Gasteiger partial charge in [0.1, 0.15) is 11.5 Å². The maximum Gasteiger partial charge on any atom is 0.218 e. The number of pyridine rings is 1. The summed E-state index contributed by atoms with van der Waals surface area (Å²) < 4.78 is 15.8. The smallest absolute Gasteiger partial charge is 0.218 e. The van der Waals surface area contributed by atoms with Gasteiger partial charge in [-0.3, -0.25) is 0 Å². The van der Waals surface area contributed by atoms with Crippen molar-refractivity contribution in [3.8, 4) is 17.4 Å². The zero-order chi connectivity index (χ0) is 15.2. The molecule has 0 spiro atoms. The molecule has 0 saturated carbocycles. The number of aromatic nitrogens is 1. The van der Waals surface area contributed by atoms with Gasteiger partial charge in [-0.05, 0) is 6.07 Å². The number of nitrogens with one attached hydrogen (secondary N) is 1. The van der Waals surface area contributed by atoms with Crippen LogP contribution in [0.3, 0.4) is 0 Å². The maximum atomic E-state index is 6.08. The monoisotopic (exact) mass is 308 g/mol. The van der Waals surface area contributed by atoms with Crippen LogP contribution in [0, 0.1) is 0 Å². The molecule has 2 aromatic rings. The Morgan fingerprint density at radius 2 is 1.86 bits per heavy atom. The molecule has 6 heteroatoms. The SMILES string of the molecule is COc1cc(NCc2cccnc2OC)c(OC)cc1Cl. The van der Waals surface area contributed by atoms with Gasteiger partial charge in [0, 0.05) is 30.4 Å². The molecule has 1 heterocycles. The lowest BCUT2D eigenvalue weighted by Gasteiger charge is -2.14. The normalized spacial score (nSPS) is 10.1. The first-order valence-corrected chi connectivity index (χ1v) is 6.70. The van der Waals surface area contributed by atoms with Crippen molar-refractivity contribution in [2.45, 2.75) is 6.54 Å². The fraction of sp³-hybridized carbons (Fsp3) is 0.267. The van der Waals surface area contributed by atoms with Crippen LogP contribution < -0.4 is 19.5 Å². The van der Waals surface area contributed by atoms with Crippen LogP contribution >= 0.6 is 11.6 Å². The lowest BCUT2D eigenvalue weighted by molar-refractivity contribution is 0.393. The lowest BCUT2D eigenvalue weighted by atomic mass is 10.2. The van der Waals surface area contributed by atoms with Crippen molar-refractivity contribution in [2.24, 2.45) is 0 Å². The maximum absolute atomic E-state index is 6.08. The second-order valence-electron chi connectivity index (χ2n) is 4.21. The van der Waals surface area contributed by atoms with Crippen molar-refractivity contribution in [1.29, 1.82) is 0 Å². The molecule has 0 amide bonds. The third-order valence-electron chi connectivity index (χ3n) is 2.99. The fourth-order valence-electron chi connectivity index (χ4n) is 1.93. The van der Waals surface area contributed by atoms with Gasteiger partial charge in [-0.15, -0.1) is 0 Å². The number of rotatable bonds is 6. The molecule has 0 aliphatic carbocycles. The topological polar surface area (TPSA) is 52.6 Å². The van der Waals surface area contributed by atoms with Crippen LogP contribution in [0.5, 0.6) is 17.4 Å². The Hall–Kier alpha value is -2.14. The quantitative estimate of drug-likeness (QED) is 0.886. The molecule has 21 heavy (non-hydrogen) atoms. The van der Waals surface area contributed by atoms with Gasteiger partial charge in [-0.25, -0.2) is 4.98 Å². The molecule has 0 radical (unpaired) electrons. The largest absolute Gasteiger partial charge is 0.495 e. The summed E-state index contributed by atoms with van der Waals surface area (Å²) in [6.07, 6.45) is 1.69. The van der Waals surface area contributed by atoms with Gasteiger partial charge in [-0.1, -0.05) is 17.7 Å². The van der Waals surface area contributed by atoms with E-state index in [-0.39, 0.29) is 0 Å². The van der Waals surface area contributed by atoms with Gasteiger partial charge in [0.05, 0.1) is 32.0 Å². The molecule has 0 aliphatic heterocycles. The summed E-state index contributed by atoms with van der Waals surface area (Å²) in [5.74, 6) is 1.81. The van der Waals surface area contributed by atoms with Crippen molar-refractivity contribution in [1.82, 2.24) is 4.98 Å². The highest BCUT2D eigenvalue weighted by Crippen LogP contribution is 2.36. The van der Waals surface area contributed by atoms with E-state index in [1.807, 2.05) is 12.1 Å². The van der Waals surface area contributed by atoms with E-state index in [0.717, 1.165) is 11.3 Å². The summed E-state index contributed by atoms with van der Waals surface area (Å²) in [5, 5.41) is 3.77. The number of hydrogen-bond acceptors (Lipinski definition) is 5. The molecule has 1 aromatic heterocycles. The molecule has 0 fully saturated rings. The fourth-order valence-corrected chi connectivity index (χ4v) is 2.16. The van der Waals surface area contributed by atoms with E-state index in [1.54, 1.807) is 39.7 Å². The highest BCUT2D eigenvalue weighted by Gasteiger charge is 2.11. The number of hydrogen-bond donors (Lipinski definition) is 1. The van der Waals surface area contributed by atoms with Crippen LogP contribution in [0.1, 0.15) is 5.56 Å². The van der Waals surface area contributed by atoms with E-state index in [9.17, 15) is 0 Å². The number of anilines is 1. The molecule has 2 rings (SSSR count). The highest BCUT2D eigenvalue weighted by molar-refractivity contribution is 6.32.